The van der Waals surface area contributed by atoms with Crippen molar-refractivity contribution < 1.29 is 14.4 Å². The Labute approximate surface area is 118 Å². The predicted octanol–water partition coefficient (Wildman–Crippen LogP) is 3.40. The van der Waals surface area contributed by atoms with Gasteiger partial charge in [0, 0.05) is 11.8 Å². The van der Waals surface area contributed by atoms with E-state index in [1.165, 1.54) is 19.3 Å². The minimum atomic E-state index is -0.867. The Morgan fingerprint density at radius 1 is 1.25 bits per heavy atom. The average molecular weight is 275 g/mol. The van der Waals surface area contributed by atoms with Gasteiger partial charge < -0.3 is 9.63 Å². The lowest BCUT2D eigenvalue weighted by Crippen LogP contribution is -2.49. The maximum Gasteiger partial charge on any atom is 0.341 e. The van der Waals surface area contributed by atoms with E-state index in [4.69, 9.17) is 4.52 Å². The molecular weight excluding hydrogens is 254 g/mol. The van der Waals surface area contributed by atoms with Gasteiger partial charge in [0.1, 0.15) is 11.3 Å². The summed E-state index contributed by atoms with van der Waals surface area (Å²) in [5.41, 5.74) is 1.13. The zero-order chi connectivity index (χ0) is 13.9. The standard InChI is InChI=1S/C16H21NO3/c1-2-12-13(15(18)19)14(17-20-12)16-6-9-3-10(7-16)5-11(4-9)8-16/h9-11H,2-8H2,1H3,(H,18,19). The lowest BCUT2D eigenvalue weighted by Gasteiger charge is -2.56. The summed E-state index contributed by atoms with van der Waals surface area (Å²) in [7, 11) is 0. The third kappa shape index (κ3) is 1.60. The van der Waals surface area contributed by atoms with Crippen molar-refractivity contribution in [2.45, 2.75) is 57.3 Å². The number of nitrogens with zero attached hydrogens (tertiary/aromatic N) is 1. The van der Waals surface area contributed by atoms with Crippen LogP contribution < -0.4 is 0 Å². The van der Waals surface area contributed by atoms with E-state index in [-0.39, 0.29) is 5.41 Å². The second-order valence-electron chi connectivity index (χ2n) is 7.19. The number of carboxylic acids is 1. The summed E-state index contributed by atoms with van der Waals surface area (Å²) in [5.74, 6) is 2.02. The summed E-state index contributed by atoms with van der Waals surface area (Å²) >= 11 is 0. The fourth-order valence-corrected chi connectivity index (χ4v) is 5.55. The van der Waals surface area contributed by atoms with Crippen molar-refractivity contribution in [2.24, 2.45) is 17.8 Å². The summed E-state index contributed by atoms with van der Waals surface area (Å²) in [6.07, 6.45) is 8.00. The molecule has 4 heteroatoms. The van der Waals surface area contributed by atoms with Crippen molar-refractivity contribution in [2.75, 3.05) is 0 Å². The van der Waals surface area contributed by atoms with E-state index in [9.17, 15) is 9.90 Å². The average Bonchev–Trinajstić information content (AvgIpc) is 2.81. The zero-order valence-corrected chi connectivity index (χ0v) is 11.9. The van der Waals surface area contributed by atoms with E-state index in [1.54, 1.807) is 0 Å². The Hall–Kier alpha value is -1.32. The fourth-order valence-electron chi connectivity index (χ4n) is 5.55. The molecule has 1 aromatic heterocycles. The minimum Gasteiger partial charge on any atom is -0.477 e. The maximum absolute atomic E-state index is 11.7. The Morgan fingerprint density at radius 3 is 2.25 bits per heavy atom. The van der Waals surface area contributed by atoms with Crippen LogP contribution >= 0.6 is 0 Å². The van der Waals surface area contributed by atoms with E-state index in [1.807, 2.05) is 6.92 Å². The van der Waals surface area contributed by atoms with Gasteiger partial charge in [-0.05, 0) is 56.3 Å². The van der Waals surface area contributed by atoms with E-state index in [0.29, 0.717) is 17.7 Å². The molecule has 5 rings (SSSR count). The number of aryl methyl sites for hydroxylation is 1. The Morgan fingerprint density at radius 2 is 1.80 bits per heavy atom. The molecule has 1 heterocycles. The van der Waals surface area contributed by atoms with Gasteiger partial charge in [0.2, 0.25) is 0 Å². The molecule has 4 aliphatic carbocycles. The molecule has 4 saturated carbocycles. The summed E-state index contributed by atoms with van der Waals surface area (Å²) in [4.78, 5) is 11.7. The molecule has 0 amide bonds. The van der Waals surface area contributed by atoms with Crippen LogP contribution in [0.15, 0.2) is 4.52 Å². The number of aromatic carboxylic acids is 1. The number of carbonyl (C=O) groups is 1. The molecular formula is C16H21NO3. The van der Waals surface area contributed by atoms with Crippen molar-refractivity contribution >= 4 is 5.97 Å². The molecule has 1 N–H and O–H groups in total. The maximum atomic E-state index is 11.7. The van der Waals surface area contributed by atoms with E-state index in [2.05, 4.69) is 5.16 Å². The van der Waals surface area contributed by atoms with Gasteiger partial charge in [-0.15, -0.1) is 0 Å². The van der Waals surface area contributed by atoms with Gasteiger partial charge in [-0.25, -0.2) is 4.79 Å². The Kier molecular flexibility index (Phi) is 2.54. The predicted molar refractivity (Wildman–Crippen MR) is 72.7 cm³/mol. The molecule has 0 radical (unpaired) electrons. The third-order valence-electron chi connectivity index (χ3n) is 5.84. The molecule has 108 valence electrons. The molecule has 0 aromatic carbocycles. The molecule has 0 spiro atoms. The van der Waals surface area contributed by atoms with Crippen LogP contribution in [0.1, 0.15) is 67.3 Å². The number of hydrogen-bond donors (Lipinski definition) is 1. The highest BCUT2D eigenvalue weighted by Crippen LogP contribution is 2.61. The van der Waals surface area contributed by atoms with Crippen molar-refractivity contribution in [1.82, 2.24) is 5.16 Å². The smallest absolute Gasteiger partial charge is 0.341 e. The Balaban J connectivity index is 1.81. The van der Waals surface area contributed by atoms with Gasteiger partial charge >= 0.3 is 5.97 Å². The number of aromatic nitrogens is 1. The first-order valence-electron chi connectivity index (χ1n) is 7.83. The molecule has 0 aliphatic heterocycles. The molecule has 0 saturated heterocycles. The number of carboxylic acid groups (broad SMARTS) is 1. The van der Waals surface area contributed by atoms with Crippen LogP contribution in [0.25, 0.3) is 0 Å². The summed E-state index contributed by atoms with van der Waals surface area (Å²) in [6, 6.07) is 0. The van der Waals surface area contributed by atoms with Crippen LogP contribution in [0.4, 0.5) is 0 Å². The molecule has 4 nitrogen and oxygen atoms in total. The van der Waals surface area contributed by atoms with Crippen molar-refractivity contribution in [3.8, 4) is 0 Å². The number of hydrogen-bond acceptors (Lipinski definition) is 3. The summed E-state index contributed by atoms with van der Waals surface area (Å²) in [5, 5.41) is 13.8. The van der Waals surface area contributed by atoms with Crippen LogP contribution in [0, 0.1) is 17.8 Å². The van der Waals surface area contributed by atoms with Crippen LogP contribution in [0.5, 0.6) is 0 Å². The highest BCUT2D eigenvalue weighted by Gasteiger charge is 2.54. The van der Waals surface area contributed by atoms with Crippen molar-refractivity contribution in [3.63, 3.8) is 0 Å². The van der Waals surface area contributed by atoms with E-state index in [0.717, 1.165) is 42.7 Å². The van der Waals surface area contributed by atoms with Gasteiger partial charge in [0.25, 0.3) is 0 Å². The van der Waals surface area contributed by atoms with Crippen molar-refractivity contribution in [1.29, 1.82) is 0 Å². The van der Waals surface area contributed by atoms with Crippen LogP contribution in [0.2, 0.25) is 0 Å². The normalized spacial score (nSPS) is 38.4. The molecule has 4 bridgehead atoms. The molecule has 20 heavy (non-hydrogen) atoms. The van der Waals surface area contributed by atoms with Crippen LogP contribution in [-0.2, 0) is 11.8 Å². The molecule has 4 aliphatic rings. The van der Waals surface area contributed by atoms with Gasteiger partial charge in [0.05, 0.1) is 0 Å². The monoisotopic (exact) mass is 275 g/mol. The molecule has 0 unspecified atom stereocenters. The van der Waals surface area contributed by atoms with Gasteiger partial charge in [-0.2, -0.15) is 0 Å². The topological polar surface area (TPSA) is 63.3 Å². The number of rotatable bonds is 3. The molecule has 0 atom stereocenters. The minimum absolute atomic E-state index is 0.000602. The quantitative estimate of drug-likeness (QED) is 0.918. The second-order valence-corrected chi connectivity index (χ2v) is 7.19. The summed E-state index contributed by atoms with van der Waals surface area (Å²) < 4.78 is 5.36. The first-order chi connectivity index (χ1) is 9.61. The molecule has 4 fully saturated rings. The third-order valence-corrected chi connectivity index (χ3v) is 5.84. The lowest BCUT2D eigenvalue weighted by molar-refractivity contribution is -0.00902. The van der Waals surface area contributed by atoms with Gasteiger partial charge in [-0.3, -0.25) is 0 Å². The first-order valence-corrected chi connectivity index (χ1v) is 7.83. The SMILES string of the molecule is CCc1onc(C23CC4CC(CC(C4)C2)C3)c1C(=O)O. The van der Waals surface area contributed by atoms with Crippen LogP contribution in [-0.4, -0.2) is 16.2 Å². The van der Waals surface area contributed by atoms with E-state index >= 15 is 0 Å². The Bertz CT molecular complexity index is 525. The lowest BCUT2D eigenvalue weighted by atomic mass is 9.48. The van der Waals surface area contributed by atoms with Crippen molar-refractivity contribution in [3.05, 3.63) is 17.0 Å². The van der Waals surface area contributed by atoms with Gasteiger partial charge in [0.15, 0.2) is 5.76 Å². The first kappa shape index (κ1) is 12.4. The highest BCUT2D eigenvalue weighted by atomic mass is 16.5. The van der Waals surface area contributed by atoms with Crippen LogP contribution in [0.3, 0.4) is 0 Å². The zero-order valence-electron chi connectivity index (χ0n) is 11.9. The second kappa shape index (κ2) is 4.09. The molecule has 1 aromatic rings. The van der Waals surface area contributed by atoms with E-state index < -0.39 is 5.97 Å². The largest absolute Gasteiger partial charge is 0.477 e. The van der Waals surface area contributed by atoms with Gasteiger partial charge in [-0.1, -0.05) is 12.1 Å². The fraction of sp³-hybridized carbons (Fsp3) is 0.750. The highest BCUT2D eigenvalue weighted by molar-refractivity contribution is 5.90. The summed E-state index contributed by atoms with van der Waals surface area (Å²) in [6.45, 7) is 1.93.